The first-order chi connectivity index (χ1) is 18.2. The molecule has 2 aromatic carbocycles. The molecule has 39 heavy (non-hydrogen) atoms. The van der Waals surface area contributed by atoms with Crippen molar-refractivity contribution in [3.63, 3.8) is 0 Å². The van der Waals surface area contributed by atoms with Crippen LogP contribution in [0.4, 0.5) is 17.6 Å². The van der Waals surface area contributed by atoms with Crippen LogP contribution >= 0.6 is 47.8 Å². The van der Waals surface area contributed by atoms with E-state index in [2.05, 4.69) is 47.8 Å². The molecule has 2 aliphatic rings. The maximum atomic E-state index is 14.4. The molecule has 0 aliphatic heterocycles. The maximum absolute atomic E-state index is 14.4. The van der Waals surface area contributed by atoms with Gasteiger partial charge in [-0.15, -0.1) is 0 Å². The van der Waals surface area contributed by atoms with Crippen molar-refractivity contribution in [2.75, 3.05) is 0 Å². The van der Waals surface area contributed by atoms with Crippen LogP contribution in [0.25, 0.3) is 0 Å². The quantitative estimate of drug-likeness (QED) is 0.114. The number of carbonyl (C=O) groups excluding carboxylic acids is 2. The summed E-state index contributed by atoms with van der Waals surface area (Å²) in [6.07, 6.45) is 2.38. The summed E-state index contributed by atoms with van der Waals surface area (Å²) in [5.74, 6) is -14.5. The van der Waals surface area contributed by atoms with Gasteiger partial charge in [0.1, 0.15) is 6.10 Å². The highest BCUT2D eigenvalue weighted by atomic mass is 79.9. The normalized spacial score (nSPS) is 23.2. The number of carbonyl (C=O) groups is 2. The van der Waals surface area contributed by atoms with Gasteiger partial charge in [0, 0.05) is 13.4 Å². The number of hydrogen-bond donors (Lipinski definition) is 1. The van der Waals surface area contributed by atoms with Crippen molar-refractivity contribution in [2.24, 2.45) is 17.8 Å². The molecule has 7 nitrogen and oxygen atoms in total. The lowest BCUT2D eigenvalue weighted by molar-refractivity contribution is -0.147. The Hall–Kier alpha value is -1.55. The largest absolute Gasteiger partial charge is 0.458 e. The number of benzene rings is 2. The predicted molar refractivity (Wildman–Crippen MR) is 139 cm³/mol. The van der Waals surface area contributed by atoms with Crippen LogP contribution in [-0.4, -0.2) is 31.0 Å². The highest BCUT2D eigenvalue weighted by Crippen LogP contribution is 2.46. The number of rotatable bonds is 5. The van der Waals surface area contributed by atoms with Gasteiger partial charge in [-0.25, -0.2) is 13.6 Å². The molecule has 15 heteroatoms. The summed E-state index contributed by atoms with van der Waals surface area (Å²) in [5, 5.41) is 0. The van der Waals surface area contributed by atoms with E-state index in [-0.39, 0.29) is 24.3 Å². The van der Waals surface area contributed by atoms with Gasteiger partial charge in [0.15, 0.2) is 16.5 Å². The van der Waals surface area contributed by atoms with Crippen LogP contribution in [0.1, 0.15) is 48.9 Å². The average Bonchev–Trinajstić information content (AvgIpc) is 2.84. The van der Waals surface area contributed by atoms with Crippen molar-refractivity contribution >= 4 is 69.8 Å². The third-order valence-corrected chi connectivity index (χ3v) is 9.63. The first-order valence-electron chi connectivity index (χ1n) is 11.6. The fourth-order valence-corrected chi connectivity index (χ4v) is 8.59. The predicted octanol–water partition coefficient (Wildman–Crippen LogP) is 7.12. The molecule has 4 rings (SSSR count). The Morgan fingerprint density at radius 1 is 0.846 bits per heavy atom. The Morgan fingerprint density at radius 2 is 1.38 bits per heavy atom. The lowest BCUT2D eigenvalue weighted by atomic mass is 9.64. The molecule has 212 valence electrons. The molecule has 2 fully saturated rings. The van der Waals surface area contributed by atoms with E-state index in [0.29, 0.717) is 21.8 Å². The maximum Gasteiger partial charge on any atom is 0.340 e. The van der Waals surface area contributed by atoms with Gasteiger partial charge in [0.25, 0.3) is 0 Å². The van der Waals surface area contributed by atoms with Crippen molar-refractivity contribution < 1.29 is 49.6 Å². The Bertz CT molecular complexity index is 1400. The first kappa shape index (κ1) is 30.4. The summed E-state index contributed by atoms with van der Waals surface area (Å²) >= 11 is 10.0. The van der Waals surface area contributed by atoms with Crippen LogP contribution < -0.4 is 4.74 Å². The van der Waals surface area contributed by atoms with Crippen LogP contribution in [0.3, 0.4) is 0 Å². The monoisotopic (exact) mass is 764 g/mol. The molecule has 0 saturated heterocycles. The Balaban J connectivity index is 1.56. The van der Waals surface area contributed by atoms with E-state index in [1.165, 1.54) is 0 Å². The number of esters is 2. The van der Waals surface area contributed by atoms with Crippen LogP contribution in [0.15, 0.2) is 30.4 Å². The Morgan fingerprint density at radius 3 is 1.92 bits per heavy atom. The van der Waals surface area contributed by atoms with Crippen LogP contribution in [0.2, 0.25) is 0 Å². The third-order valence-electron chi connectivity index (χ3n) is 7.05. The molecule has 2 aromatic rings. The molecule has 0 aromatic heterocycles. The van der Waals surface area contributed by atoms with Crippen LogP contribution in [-0.2, 0) is 19.6 Å². The molecule has 0 bridgehead atoms. The summed E-state index contributed by atoms with van der Waals surface area (Å²) in [4.78, 5) is 23.8. The molecular formula is C24H19Br3F4O7S. The lowest BCUT2D eigenvalue weighted by Crippen LogP contribution is -2.45. The third kappa shape index (κ3) is 6.07. The van der Waals surface area contributed by atoms with E-state index < -0.39 is 73.9 Å². The molecule has 4 unspecified atom stereocenters. The zero-order chi connectivity index (χ0) is 28.8. The zero-order valence-electron chi connectivity index (χ0n) is 19.7. The second-order valence-electron chi connectivity index (χ2n) is 9.29. The molecule has 2 aliphatic carbocycles. The first-order valence-corrected chi connectivity index (χ1v) is 15.4. The molecule has 1 N–H and O–H groups in total. The number of fused-ring (bicyclic) bond motifs is 1. The van der Waals surface area contributed by atoms with E-state index in [1.54, 1.807) is 12.1 Å². The minimum atomic E-state index is -5.65. The van der Waals surface area contributed by atoms with Crippen molar-refractivity contribution in [1.29, 1.82) is 0 Å². The standard InChI is InChI=1S/C24H19Br3F4O7S/c25-9-7-13(26)16(14(27)8-9)24(33)37-15-6-5-12(10-3-1-2-4-11(10)15)23(32)38-21-17(28)19(30)22(39(34,35)36)20(31)18(21)29/h7-8,10-12,15H,1-6H2,(H,34,35,36). The second-order valence-corrected chi connectivity index (χ2v) is 13.3. The highest BCUT2D eigenvalue weighted by Gasteiger charge is 2.46. The van der Waals surface area contributed by atoms with Gasteiger partial charge < -0.3 is 9.47 Å². The van der Waals surface area contributed by atoms with Crippen molar-refractivity contribution in [3.05, 3.63) is 54.4 Å². The van der Waals surface area contributed by atoms with E-state index in [9.17, 15) is 35.6 Å². The van der Waals surface area contributed by atoms with Crippen LogP contribution in [0.5, 0.6) is 5.75 Å². The smallest absolute Gasteiger partial charge is 0.340 e. The molecule has 0 heterocycles. The summed E-state index contributed by atoms with van der Waals surface area (Å²) in [5.41, 5.74) is 0.274. The highest BCUT2D eigenvalue weighted by molar-refractivity contribution is 9.11. The molecule has 0 radical (unpaired) electrons. The van der Waals surface area contributed by atoms with E-state index >= 15 is 0 Å². The van der Waals surface area contributed by atoms with Crippen molar-refractivity contribution in [3.8, 4) is 5.75 Å². The zero-order valence-corrected chi connectivity index (χ0v) is 25.2. The number of ether oxygens (including phenoxy) is 2. The van der Waals surface area contributed by atoms with E-state index in [4.69, 9.17) is 14.0 Å². The van der Waals surface area contributed by atoms with Gasteiger partial charge in [0.2, 0.25) is 17.4 Å². The van der Waals surface area contributed by atoms with E-state index in [1.807, 2.05) is 0 Å². The van der Waals surface area contributed by atoms with Gasteiger partial charge in [-0.05, 0) is 81.5 Å². The van der Waals surface area contributed by atoms with Crippen molar-refractivity contribution in [1.82, 2.24) is 0 Å². The van der Waals surface area contributed by atoms with Gasteiger partial charge in [-0.3, -0.25) is 9.35 Å². The summed E-state index contributed by atoms with van der Waals surface area (Å²) in [7, 11) is -5.65. The molecular weight excluding hydrogens is 748 g/mol. The van der Waals surface area contributed by atoms with Gasteiger partial charge in [-0.1, -0.05) is 28.8 Å². The Kier molecular flexibility index (Phi) is 9.16. The lowest BCUT2D eigenvalue weighted by Gasteiger charge is -2.44. The molecule has 2 saturated carbocycles. The molecule has 0 spiro atoms. The number of hydrogen-bond acceptors (Lipinski definition) is 6. The topological polar surface area (TPSA) is 107 Å². The average molecular weight is 767 g/mol. The van der Waals surface area contributed by atoms with Gasteiger partial charge in [-0.2, -0.15) is 17.2 Å². The molecule has 4 atom stereocenters. The fraction of sp³-hybridized carbons (Fsp3) is 0.417. The van der Waals surface area contributed by atoms with Gasteiger partial charge in [0.05, 0.1) is 11.5 Å². The molecule has 0 amide bonds. The number of halogens is 7. The minimum Gasteiger partial charge on any atom is -0.458 e. The summed E-state index contributed by atoms with van der Waals surface area (Å²) in [6.45, 7) is 0. The second kappa shape index (κ2) is 11.7. The SMILES string of the molecule is O=C(OC1CCC(C(=O)Oc2c(F)c(F)c(S(=O)(=O)O)c(F)c2F)C2CCCCC12)c1c(Br)cc(Br)cc1Br. The summed E-state index contributed by atoms with van der Waals surface area (Å²) < 4.78 is 101. The minimum absolute atomic E-state index is 0.0952. The Labute approximate surface area is 245 Å². The van der Waals surface area contributed by atoms with E-state index in [0.717, 1.165) is 17.3 Å². The van der Waals surface area contributed by atoms with Crippen LogP contribution in [0, 0.1) is 41.0 Å². The van der Waals surface area contributed by atoms with Gasteiger partial charge >= 0.3 is 22.1 Å². The fourth-order valence-electron chi connectivity index (χ4n) is 5.38. The van der Waals surface area contributed by atoms with Crippen molar-refractivity contribution in [2.45, 2.75) is 49.5 Å². The summed E-state index contributed by atoms with van der Waals surface area (Å²) in [6, 6.07) is 3.37.